The Morgan fingerprint density at radius 3 is 1.45 bits per heavy atom. The normalized spacial score (nSPS) is 9.70. The summed E-state index contributed by atoms with van der Waals surface area (Å²) in [5.41, 5.74) is 0. The molecule has 0 saturated heterocycles. The van der Waals surface area contributed by atoms with Crippen LogP contribution in [-0.2, 0) is 19.2 Å². The fourth-order valence-corrected chi connectivity index (χ4v) is 1.85. The highest BCUT2D eigenvalue weighted by molar-refractivity contribution is 9.11. The Bertz CT molecular complexity index is 570. The average Bonchev–Trinajstić information content (AvgIpc) is 2.34. The van der Waals surface area contributed by atoms with Gasteiger partial charge in [0.25, 0.3) is 0 Å². The Kier molecular flexibility index (Phi) is 5.10. The van der Waals surface area contributed by atoms with Crippen LogP contribution >= 0.6 is 31.9 Å². The summed E-state index contributed by atoms with van der Waals surface area (Å²) < 4.78 is -0.0420. The Labute approximate surface area is 126 Å². The lowest BCUT2D eigenvalue weighted by atomic mass is 10.5. The standard InChI is InChI=1S/C8H4Br2N4O6/c9-1-3(13-5(15)7(17)18)12-4(2(10)11-1)14-6(16)8(19)20/h(H,17,18)(H,19,20)(H2,12,13,14,15,16). The number of carbonyl (C=O) groups is 4. The van der Waals surface area contributed by atoms with E-state index >= 15 is 0 Å². The summed E-state index contributed by atoms with van der Waals surface area (Å²) in [5, 5.41) is 20.7. The molecular formula is C8H4Br2N4O6. The maximum absolute atomic E-state index is 11.0. The summed E-state index contributed by atoms with van der Waals surface area (Å²) in [6.07, 6.45) is 0. The topological polar surface area (TPSA) is 159 Å². The lowest BCUT2D eigenvalue weighted by molar-refractivity contribution is -0.147. The van der Waals surface area contributed by atoms with Crippen LogP contribution in [0.5, 0.6) is 0 Å². The number of carboxylic acid groups (broad SMARTS) is 2. The van der Waals surface area contributed by atoms with Crippen molar-refractivity contribution in [3.8, 4) is 0 Å². The van der Waals surface area contributed by atoms with Crippen molar-refractivity contribution in [2.45, 2.75) is 0 Å². The third kappa shape index (κ3) is 3.96. The van der Waals surface area contributed by atoms with Crippen molar-refractivity contribution in [3.63, 3.8) is 0 Å². The molecule has 0 radical (unpaired) electrons. The molecule has 12 heteroatoms. The highest BCUT2D eigenvalue weighted by atomic mass is 79.9. The van der Waals surface area contributed by atoms with Gasteiger partial charge in [0, 0.05) is 0 Å². The van der Waals surface area contributed by atoms with Crippen LogP contribution in [0.4, 0.5) is 11.6 Å². The first-order valence-electron chi connectivity index (χ1n) is 4.54. The molecule has 0 bridgehead atoms. The van der Waals surface area contributed by atoms with Crippen LogP contribution in [0, 0.1) is 0 Å². The van der Waals surface area contributed by atoms with E-state index in [2.05, 4.69) is 41.8 Å². The third-order valence-electron chi connectivity index (χ3n) is 1.66. The largest absolute Gasteiger partial charge is 0.474 e. The number of carbonyl (C=O) groups excluding carboxylic acids is 2. The van der Waals surface area contributed by atoms with E-state index < -0.39 is 23.8 Å². The van der Waals surface area contributed by atoms with Crippen LogP contribution in [0.2, 0.25) is 0 Å². The van der Waals surface area contributed by atoms with Crippen molar-refractivity contribution in [2.24, 2.45) is 0 Å². The molecule has 1 heterocycles. The number of amides is 2. The van der Waals surface area contributed by atoms with Crippen LogP contribution in [-0.4, -0.2) is 43.9 Å². The molecule has 1 aromatic heterocycles. The first-order valence-corrected chi connectivity index (χ1v) is 6.12. The molecule has 4 N–H and O–H groups in total. The quantitative estimate of drug-likeness (QED) is 0.496. The van der Waals surface area contributed by atoms with Crippen molar-refractivity contribution >= 4 is 67.2 Å². The van der Waals surface area contributed by atoms with Gasteiger partial charge in [-0.05, 0) is 31.9 Å². The summed E-state index contributed by atoms with van der Waals surface area (Å²) in [5.74, 6) is -6.87. The number of carboxylic acids is 2. The number of hydrogen-bond acceptors (Lipinski definition) is 6. The second-order valence-electron chi connectivity index (χ2n) is 3.02. The number of rotatable bonds is 2. The van der Waals surface area contributed by atoms with Gasteiger partial charge in [0.1, 0.15) is 9.21 Å². The van der Waals surface area contributed by atoms with E-state index in [4.69, 9.17) is 10.2 Å². The lowest BCUT2D eigenvalue weighted by Gasteiger charge is -2.08. The van der Waals surface area contributed by atoms with Crippen LogP contribution in [0.15, 0.2) is 9.21 Å². The monoisotopic (exact) mass is 410 g/mol. The maximum atomic E-state index is 11.0. The van der Waals surface area contributed by atoms with Crippen LogP contribution in [0.3, 0.4) is 0 Å². The van der Waals surface area contributed by atoms with E-state index in [1.165, 1.54) is 0 Å². The fourth-order valence-electron chi connectivity index (χ4n) is 0.877. The van der Waals surface area contributed by atoms with Gasteiger partial charge in [0.15, 0.2) is 11.6 Å². The highest BCUT2D eigenvalue weighted by Gasteiger charge is 2.19. The van der Waals surface area contributed by atoms with Gasteiger partial charge in [-0.3, -0.25) is 20.2 Å². The first-order chi connectivity index (χ1) is 9.22. The lowest BCUT2D eigenvalue weighted by Crippen LogP contribution is -2.25. The molecule has 106 valence electrons. The van der Waals surface area contributed by atoms with E-state index in [0.29, 0.717) is 0 Å². The molecular weight excluding hydrogens is 408 g/mol. The van der Waals surface area contributed by atoms with Crippen molar-refractivity contribution in [2.75, 3.05) is 10.6 Å². The van der Waals surface area contributed by atoms with Gasteiger partial charge in [0.2, 0.25) is 0 Å². The zero-order valence-corrected chi connectivity index (χ0v) is 12.3. The van der Waals surface area contributed by atoms with Gasteiger partial charge in [-0.15, -0.1) is 0 Å². The Hall–Kier alpha value is -2.08. The van der Waals surface area contributed by atoms with E-state index in [-0.39, 0.29) is 20.8 Å². The van der Waals surface area contributed by atoms with Crippen molar-refractivity contribution in [1.29, 1.82) is 0 Å². The van der Waals surface area contributed by atoms with E-state index in [1.807, 2.05) is 10.6 Å². The van der Waals surface area contributed by atoms with E-state index in [1.54, 1.807) is 0 Å². The SMILES string of the molecule is O=C(O)C(=O)Nc1nc(NC(=O)C(=O)O)c(Br)nc1Br. The molecule has 0 atom stereocenters. The molecule has 0 spiro atoms. The highest BCUT2D eigenvalue weighted by Crippen LogP contribution is 2.26. The molecule has 1 aromatic rings. The first kappa shape index (κ1) is 16.0. The zero-order valence-electron chi connectivity index (χ0n) is 9.18. The minimum Gasteiger partial charge on any atom is -0.474 e. The van der Waals surface area contributed by atoms with Crippen molar-refractivity contribution in [1.82, 2.24) is 9.97 Å². The maximum Gasteiger partial charge on any atom is 0.394 e. The van der Waals surface area contributed by atoms with Gasteiger partial charge in [-0.1, -0.05) is 0 Å². The van der Waals surface area contributed by atoms with Crippen molar-refractivity contribution in [3.05, 3.63) is 9.21 Å². The number of halogens is 2. The van der Waals surface area contributed by atoms with Crippen LogP contribution in [0.25, 0.3) is 0 Å². The summed E-state index contributed by atoms with van der Waals surface area (Å²) in [4.78, 5) is 50.2. The Morgan fingerprint density at radius 1 is 0.800 bits per heavy atom. The Morgan fingerprint density at radius 2 is 1.15 bits per heavy atom. The molecule has 0 aliphatic heterocycles. The van der Waals surface area contributed by atoms with Gasteiger partial charge in [-0.25, -0.2) is 19.6 Å². The van der Waals surface area contributed by atoms with Crippen molar-refractivity contribution < 1.29 is 29.4 Å². The number of nitrogens with zero attached hydrogens (tertiary/aromatic N) is 2. The van der Waals surface area contributed by atoms with Crippen LogP contribution in [0.1, 0.15) is 0 Å². The predicted octanol–water partition coefficient (Wildman–Crippen LogP) is 0.0478. The Balaban J connectivity index is 3.09. The summed E-state index contributed by atoms with van der Waals surface area (Å²) in [6, 6.07) is 0. The van der Waals surface area contributed by atoms with Crippen LogP contribution < -0.4 is 10.6 Å². The molecule has 0 aromatic carbocycles. The number of nitrogens with one attached hydrogen (secondary N) is 2. The molecule has 0 saturated carbocycles. The number of anilines is 2. The van der Waals surface area contributed by atoms with Gasteiger partial charge < -0.3 is 10.2 Å². The summed E-state index contributed by atoms with van der Waals surface area (Å²) >= 11 is 5.83. The molecule has 1 rings (SSSR count). The molecule has 0 unspecified atom stereocenters. The zero-order chi connectivity index (χ0) is 15.4. The fraction of sp³-hybridized carbons (Fsp3) is 0. The van der Waals surface area contributed by atoms with Gasteiger partial charge >= 0.3 is 23.8 Å². The van der Waals surface area contributed by atoms with E-state index in [9.17, 15) is 19.2 Å². The van der Waals surface area contributed by atoms with Gasteiger partial charge in [-0.2, -0.15) is 0 Å². The molecule has 20 heavy (non-hydrogen) atoms. The van der Waals surface area contributed by atoms with Gasteiger partial charge in [0.05, 0.1) is 0 Å². The minimum atomic E-state index is -1.75. The third-order valence-corrected chi connectivity index (χ3v) is 2.77. The second kappa shape index (κ2) is 6.38. The smallest absolute Gasteiger partial charge is 0.394 e. The predicted molar refractivity (Wildman–Crippen MR) is 70.0 cm³/mol. The summed E-state index contributed by atoms with van der Waals surface area (Å²) in [6.45, 7) is 0. The number of hydrogen-bond donors (Lipinski definition) is 4. The molecule has 0 fully saturated rings. The number of aliphatic carboxylic acids is 2. The molecule has 0 aliphatic rings. The molecule has 2 amide bonds. The molecule has 10 nitrogen and oxygen atoms in total. The average molecular weight is 412 g/mol. The van der Waals surface area contributed by atoms with E-state index in [0.717, 1.165) is 0 Å². The second-order valence-corrected chi connectivity index (χ2v) is 4.52. The summed E-state index contributed by atoms with van der Waals surface area (Å²) in [7, 11) is 0. The minimum absolute atomic E-state index is 0.0210. The number of aromatic nitrogens is 2. The molecule has 0 aliphatic carbocycles.